The summed E-state index contributed by atoms with van der Waals surface area (Å²) in [5.41, 5.74) is 3.81. The molecule has 0 aliphatic rings. The minimum Gasteiger partial charge on any atom is -0.480 e. The van der Waals surface area contributed by atoms with Crippen molar-refractivity contribution in [2.24, 2.45) is 7.05 Å². The Morgan fingerprint density at radius 2 is 1.56 bits per heavy atom. The van der Waals surface area contributed by atoms with Gasteiger partial charge in [0.2, 0.25) is 15.9 Å². The highest BCUT2D eigenvalue weighted by Gasteiger charge is 2.22. The van der Waals surface area contributed by atoms with Crippen LogP contribution in [0.15, 0.2) is 77.8 Å². The van der Waals surface area contributed by atoms with Crippen molar-refractivity contribution < 1.29 is 30.4 Å². The number of pyridine rings is 1. The fraction of sp³-hybridized carbons (Fsp3) is 0.111. The number of sulfonamides is 2. The maximum Gasteiger partial charge on any atom is 0.264 e. The van der Waals surface area contributed by atoms with E-state index in [9.17, 15) is 25.6 Å². The van der Waals surface area contributed by atoms with E-state index in [0.29, 0.717) is 28.4 Å². The summed E-state index contributed by atoms with van der Waals surface area (Å²) < 4.78 is 88.2. The maximum atomic E-state index is 14.3. The fourth-order valence-corrected chi connectivity index (χ4v) is 6.04. The molecule has 2 N–H and O–H groups in total. The van der Waals surface area contributed by atoms with Crippen LogP contribution in [-0.2, 0) is 27.1 Å². The molecular weight excluding hydrogens is 576 g/mol. The second kappa shape index (κ2) is 10.4. The van der Waals surface area contributed by atoms with Gasteiger partial charge in [-0.25, -0.2) is 30.6 Å². The zero-order valence-corrected chi connectivity index (χ0v) is 23.5. The molecule has 0 fully saturated rings. The van der Waals surface area contributed by atoms with Gasteiger partial charge in [0.25, 0.3) is 10.0 Å². The van der Waals surface area contributed by atoms with Crippen molar-refractivity contribution in [3.63, 3.8) is 0 Å². The van der Waals surface area contributed by atoms with E-state index >= 15 is 0 Å². The Balaban J connectivity index is 1.54. The molecule has 0 saturated heterocycles. The smallest absolute Gasteiger partial charge is 0.264 e. The first-order valence-corrected chi connectivity index (χ1v) is 15.3. The van der Waals surface area contributed by atoms with Crippen LogP contribution in [-0.4, -0.2) is 45.0 Å². The Kier molecular flexibility index (Phi) is 7.13. The van der Waals surface area contributed by atoms with E-state index in [0.717, 1.165) is 35.0 Å². The molecule has 10 nitrogen and oxygen atoms in total. The fourth-order valence-electron chi connectivity index (χ4n) is 4.37. The number of benzene rings is 3. The van der Waals surface area contributed by atoms with Gasteiger partial charge in [-0.1, -0.05) is 18.2 Å². The standard InChI is InChI=1S/C27H23F2N5O5S2/c1-34-26(16-4-8-20(9-5-16)32-40(3,35)36)21-12-17(6-10-23(21)31-34)18-13-24(27(39-2)30-15-18)33-41(37,38)25-11-7-19(28)14-22(25)29/h4-15,32-33H,1-3H3. The van der Waals surface area contributed by atoms with Gasteiger partial charge in [-0.15, -0.1) is 0 Å². The highest BCUT2D eigenvalue weighted by atomic mass is 32.2. The lowest BCUT2D eigenvalue weighted by atomic mass is 10.0. The van der Waals surface area contributed by atoms with Crippen LogP contribution in [0.1, 0.15) is 0 Å². The molecule has 41 heavy (non-hydrogen) atoms. The van der Waals surface area contributed by atoms with Crippen molar-refractivity contribution in [2.45, 2.75) is 4.90 Å². The third-order valence-electron chi connectivity index (χ3n) is 6.10. The number of fused-ring (bicyclic) bond motifs is 1. The summed E-state index contributed by atoms with van der Waals surface area (Å²) in [4.78, 5) is 3.48. The number of nitrogens with zero attached hydrogens (tertiary/aromatic N) is 3. The highest BCUT2D eigenvalue weighted by molar-refractivity contribution is 7.92. The molecule has 0 bridgehead atoms. The summed E-state index contributed by atoms with van der Waals surface area (Å²) >= 11 is 0. The number of methoxy groups -OCH3 is 1. The van der Waals surface area contributed by atoms with Crippen LogP contribution in [0.2, 0.25) is 0 Å². The van der Waals surface area contributed by atoms with E-state index in [1.807, 2.05) is 6.07 Å². The molecule has 0 atom stereocenters. The quantitative estimate of drug-likeness (QED) is 0.263. The Hall–Kier alpha value is -4.56. The summed E-state index contributed by atoms with van der Waals surface area (Å²) in [6.07, 6.45) is 2.57. The van der Waals surface area contributed by atoms with E-state index in [1.54, 1.807) is 48.1 Å². The highest BCUT2D eigenvalue weighted by Crippen LogP contribution is 2.35. The predicted molar refractivity (Wildman–Crippen MR) is 152 cm³/mol. The molecule has 0 aliphatic heterocycles. The molecule has 5 aromatic rings. The monoisotopic (exact) mass is 599 g/mol. The predicted octanol–water partition coefficient (Wildman–Crippen LogP) is 4.76. The summed E-state index contributed by atoms with van der Waals surface area (Å²) in [5.74, 6) is -2.20. The average molecular weight is 600 g/mol. The average Bonchev–Trinajstić information content (AvgIpc) is 3.22. The van der Waals surface area contributed by atoms with Gasteiger partial charge < -0.3 is 4.74 Å². The number of hydrogen-bond acceptors (Lipinski definition) is 7. The normalized spacial score (nSPS) is 11.9. The van der Waals surface area contributed by atoms with Gasteiger partial charge in [0.1, 0.15) is 22.2 Å². The number of aryl methyl sites for hydroxylation is 1. The van der Waals surface area contributed by atoms with Gasteiger partial charge in [0.15, 0.2) is 0 Å². The summed E-state index contributed by atoms with van der Waals surface area (Å²) in [6.45, 7) is 0. The summed E-state index contributed by atoms with van der Waals surface area (Å²) in [6, 6.07) is 15.9. The molecular formula is C27H23F2N5O5S2. The topological polar surface area (TPSA) is 132 Å². The SMILES string of the molecule is COc1ncc(-c2ccc3nn(C)c(-c4ccc(NS(C)(=O)=O)cc4)c3c2)cc1NS(=O)(=O)c1ccc(F)cc1F. The lowest BCUT2D eigenvalue weighted by molar-refractivity contribution is 0.400. The number of ether oxygens (including phenoxy) is 1. The molecule has 14 heteroatoms. The lowest BCUT2D eigenvalue weighted by Gasteiger charge is -2.13. The molecule has 0 spiro atoms. The molecule has 0 amide bonds. The number of hydrogen-bond donors (Lipinski definition) is 2. The van der Waals surface area contributed by atoms with Crippen LogP contribution >= 0.6 is 0 Å². The zero-order valence-electron chi connectivity index (χ0n) is 21.9. The third-order valence-corrected chi connectivity index (χ3v) is 8.11. The summed E-state index contributed by atoms with van der Waals surface area (Å²) in [7, 11) is -4.78. The molecule has 5 rings (SSSR count). The van der Waals surface area contributed by atoms with E-state index in [4.69, 9.17) is 4.74 Å². The first kappa shape index (κ1) is 28.0. The summed E-state index contributed by atoms with van der Waals surface area (Å²) in [5, 5.41) is 5.34. The van der Waals surface area contributed by atoms with E-state index < -0.39 is 36.6 Å². The van der Waals surface area contributed by atoms with Crippen molar-refractivity contribution in [1.29, 1.82) is 0 Å². The van der Waals surface area contributed by atoms with Gasteiger partial charge in [-0.05, 0) is 48.0 Å². The molecule has 0 unspecified atom stereocenters. The van der Waals surface area contributed by atoms with Crippen molar-refractivity contribution >= 4 is 42.3 Å². The lowest BCUT2D eigenvalue weighted by Crippen LogP contribution is -2.15. The van der Waals surface area contributed by atoms with Crippen LogP contribution < -0.4 is 14.2 Å². The van der Waals surface area contributed by atoms with Gasteiger partial charge in [0.05, 0.1) is 24.6 Å². The molecule has 2 heterocycles. The first-order chi connectivity index (χ1) is 19.3. The Morgan fingerprint density at radius 1 is 0.854 bits per heavy atom. The van der Waals surface area contributed by atoms with Gasteiger partial charge in [-0.3, -0.25) is 14.1 Å². The van der Waals surface area contributed by atoms with Crippen LogP contribution in [0.3, 0.4) is 0 Å². The Labute approximate surface area is 234 Å². The molecule has 212 valence electrons. The first-order valence-electron chi connectivity index (χ1n) is 11.9. The molecule has 3 aromatic carbocycles. The largest absolute Gasteiger partial charge is 0.480 e. The number of aromatic nitrogens is 3. The van der Waals surface area contributed by atoms with Crippen molar-refractivity contribution in [1.82, 2.24) is 14.8 Å². The number of rotatable bonds is 8. The number of halogens is 2. The second-order valence-electron chi connectivity index (χ2n) is 9.12. The van der Waals surface area contributed by atoms with Crippen molar-refractivity contribution in [3.05, 3.63) is 84.6 Å². The van der Waals surface area contributed by atoms with Gasteiger partial charge in [0, 0.05) is 41.5 Å². The van der Waals surface area contributed by atoms with Crippen LogP contribution in [0.25, 0.3) is 33.3 Å². The van der Waals surface area contributed by atoms with E-state index in [2.05, 4.69) is 19.5 Å². The van der Waals surface area contributed by atoms with Crippen LogP contribution in [0, 0.1) is 11.6 Å². The van der Waals surface area contributed by atoms with E-state index in [1.165, 1.54) is 19.4 Å². The molecule has 2 aromatic heterocycles. The van der Waals surface area contributed by atoms with Crippen molar-refractivity contribution in [3.8, 4) is 28.3 Å². The van der Waals surface area contributed by atoms with E-state index in [-0.39, 0.29) is 11.6 Å². The number of nitrogens with one attached hydrogen (secondary N) is 2. The van der Waals surface area contributed by atoms with Gasteiger partial charge in [-0.2, -0.15) is 5.10 Å². The van der Waals surface area contributed by atoms with Crippen LogP contribution in [0.5, 0.6) is 5.88 Å². The second-order valence-corrected chi connectivity index (χ2v) is 12.5. The molecule has 0 aliphatic carbocycles. The maximum absolute atomic E-state index is 14.3. The molecule has 0 radical (unpaired) electrons. The molecule has 0 saturated carbocycles. The third kappa shape index (κ3) is 5.83. The minimum atomic E-state index is -4.45. The zero-order chi connectivity index (χ0) is 29.5. The van der Waals surface area contributed by atoms with Gasteiger partial charge >= 0.3 is 0 Å². The Morgan fingerprint density at radius 3 is 2.22 bits per heavy atom. The Bertz CT molecular complexity index is 2010. The minimum absolute atomic E-state index is 0.0470. The number of anilines is 2. The van der Waals surface area contributed by atoms with Crippen molar-refractivity contribution in [2.75, 3.05) is 22.8 Å². The van der Waals surface area contributed by atoms with Crippen LogP contribution in [0.4, 0.5) is 20.2 Å².